The minimum absolute atomic E-state index is 0.321. The Morgan fingerprint density at radius 2 is 2.08 bits per heavy atom. The van der Waals surface area contributed by atoms with E-state index in [1.807, 2.05) is 0 Å². The van der Waals surface area contributed by atoms with Crippen molar-refractivity contribution >= 4 is 27.0 Å². The minimum Gasteiger partial charge on any atom is -0.254 e. The Hall–Kier alpha value is -1.10. The fourth-order valence-corrected chi connectivity index (χ4v) is 1.40. The fraction of sp³-hybridized carbons (Fsp3) is 0. The van der Waals surface area contributed by atoms with E-state index in [4.69, 9.17) is 0 Å². The third kappa shape index (κ3) is 1.39. The van der Waals surface area contributed by atoms with Gasteiger partial charge in [0.25, 0.3) is 0 Å². The van der Waals surface area contributed by atoms with Crippen molar-refractivity contribution < 1.29 is 8.78 Å². The molecule has 13 heavy (non-hydrogen) atoms. The summed E-state index contributed by atoms with van der Waals surface area (Å²) in [6, 6.07) is 2.63. The van der Waals surface area contributed by atoms with Gasteiger partial charge in [-0.05, 0) is 22.0 Å². The van der Waals surface area contributed by atoms with Gasteiger partial charge in [0.2, 0.25) is 5.95 Å². The van der Waals surface area contributed by atoms with E-state index in [-0.39, 0.29) is 0 Å². The van der Waals surface area contributed by atoms with Gasteiger partial charge in [-0.2, -0.15) is 4.39 Å². The van der Waals surface area contributed by atoms with Gasteiger partial charge in [-0.3, -0.25) is 4.98 Å². The van der Waals surface area contributed by atoms with Gasteiger partial charge in [-0.25, -0.2) is 9.37 Å². The minimum atomic E-state index is -1.11. The van der Waals surface area contributed by atoms with E-state index >= 15 is 0 Å². The number of hydrogen-bond donors (Lipinski definition) is 0. The largest absolute Gasteiger partial charge is 0.254 e. The molecule has 2 aromatic heterocycles. The Morgan fingerprint density at radius 3 is 2.85 bits per heavy atom. The molecule has 0 fully saturated rings. The maximum Gasteiger partial charge on any atom is 0.249 e. The summed E-state index contributed by atoms with van der Waals surface area (Å²) in [4.78, 5) is 7.27. The van der Waals surface area contributed by atoms with Gasteiger partial charge in [0, 0.05) is 16.7 Å². The molecule has 0 aliphatic heterocycles. The van der Waals surface area contributed by atoms with Gasteiger partial charge in [-0.15, -0.1) is 0 Å². The molecular formula is C8H3BrF2N2. The van der Waals surface area contributed by atoms with E-state index in [0.717, 1.165) is 6.07 Å². The molecule has 2 rings (SSSR count). The highest BCUT2D eigenvalue weighted by molar-refractivity contribution is 9.10. The van der Waals surface area contributed by atoms with Crippen LogP contribution in [0.4, 0.5) is 8.78 Å². The molecule has 5 heteroatoms. The van der Waals surface area contributed by atoms with Crippen LogP contribution in [-0.2, 0) is 0 Å². The van der Waals surface area contributed by atoms with E-state index in [2.05, 4.69) is 25.9 Å². The molecular weight excluding hydrogens is 242 g/mol. The van der Waals surface area contributed by atoms with Crippen LogP contribution in [0.1, 0.15) is 0 Å². The molecule has 2 aromatic rings. The predicted octanol–water partition coefficient (Wildman–Crippen LogP) is 2.67. The molecule has 0 N–H and O–H groups in total. The molecule has 0 bridgehead atoms. The van der Waals surface area contributed by atoms with Crippen molar-refractivity contribution in [2.75, 3.05) is 0 Å². The van der Waals surface area contributed by atoms with Crippen LogP contribution in [0.2, 0.25) is 0 Å². The summed E-state index contributed by atoms with van der Waals surface area (Å²) < 4.78 is 26.0. The number of pyridine rings is 2. The lowest BCUT2D eigenvalue weighted by atomic mass is 10.3. The molecule has 0 saturated carbocycles. The van der Waals surface area contributed by atoms with Crippen molar-refractivity contribution in [1.29, 1.82) is 0 Å². The number of aromatic nitrogens is 2. The molecule has 0 saturated heterocycles. The number of halogens is 3. The van der Waals surface area contributed by atoms with Crippen molar-refractivity contribution in [3.05, 3.63) is 34.6 Å². The fourth-order valence-electron chi connectivity index (χ4n) is 0.993. The van der Waals surface area contributed by atoms with Gasteiger partial charge in [0.05, 0.1) is 5.52 Å². The first-order valence-electron chi connectivity index (χ1n) is 3.45. The molecule has 0 unspecified atom stereocenters. The molecule has 2 heterocycles. The van der Waals surface area contributed by atoms with E-state index in [9.17, 15) is 8.78 Å². The average molecular weight is 245 g/mol. The highest BCUT2D eigenvalue weighted by Gasteiger charge is 2.08. The highest BCUT2D eigenvalue weighted by Crippen LogP contribution is 2.20. The first kappa shape index (κ1) is 8.50. The van der Waals surface area contributed by atoms with Gasteiger partial charge >= 0.3 is 0 Å². The molecule has 0 spiro atoms. The smallest absolute Gasteiger partial charge is 0.249 e. The van der Waals surface area contributed by atoms with E-state index in [1.165, 1.54) is 6.20 Å². The Balaban J connectivity index is 2.89. The summed E-state index contributed by atoms with van der Waals surface area (Å²) in [7, 11) is 0. The lowest BCUT2D eigenvalue weighted by Crippen LogP contribution is -1.92. The SMILES string of the molecule is Fc1cc2nccc(Br)c2nc1F. The number of hydrogen-bond acceptors (Lipinski definition) is 2. The summed E-state index contributed by atoms with van der Waals surface area (Å²) in [5.74, 6) is -2.10. The van der Waals surface area contributed by atoms with E-state index < -0.39 is 11.8 Å². The number of fused-ring (bicyclic) bond motifs is 1. The first-order valence-corrected chi connectivity index (χ1v) is 4.24. The van der Waals surface area contributed by atoms with Crippen molar-refractivity contribution in [3.8, 4) is 0 Å². The van der Waals surface area contributed by atoms with E-state index in [0.29, 0.717) is 15.5 Å². The maximum atomic E-state index is 12.7. The first-order chi connectivity index (χ1) is 6.18. The van der Waals surface area contributed by atoms with Gasteiger partial charge in [0.1, 0.15) is 5.52 Å². The molecule has 0 aromatic carbocycles. The van der Waals surface area contributed by atoms with Gasteiger partial charge in [-0.1, -0.05) is 0 Å². The van der Waals surface area contributed by atoms with Crippen molar-refractivity contribution in [2.45, 2.75) is 0 Å². The zero-order valence-electron chi connectivity index (χ0n) is 6.26. The van der Waals surface area contributed by atoms with Crippen LogP contribution in [-0.4, -0.2) is 9.97 Å². The quantitative estimate of drug-likeness (QED) is 0.667. The van der Waals surface area contributed by atoms with Crippen LogP contribution < -0.4 is 0 Å². The molecule has 0 radical (unpaired) electrons. The number of nitrogens with zero attached hydrogens (tertiary/aromatic N) is 2. The molecule has 2 nitrogen and oxygen atoms in total. The second kappa shape index (κ2) is 2.99. The van der Waals surface area contributed by atoms with Crippen molar-refractivity contribution in [1.82, 2.24) is 9.97 Å². The van der Waals surface area contributed by atoms with Crippen LogP contribution in [0, 0.1) is 11.8 Å². The summed E-state index contributed by atoms with van der Waals surface area (Å²) in [6.07, 6.45) is 1.49. The van der Waals surface area contributed by atoms with E-state index in [1.54, 1.807) is 6.07 Å². The zero-order valence-corrected chi connectivity index (χ0v) is 7.85. The molecule has 0 aliphatic rings. The van der Waals surface area contributed by atoms with Crippen LogP contribution in [0.3, 0.4) is 0 Å². The lowest BCUT2D eigenvalue weighted by molar-refractivity contribution is 0.483. The molecule has 66 valence electrons. The summed E-state index contributed by atoms with van der Waals surface area (Å²) >= 11 is 3.16. The average Bonchev–Trinajstić information content (AvgIpc) is 2.09. The maximum absolute atomic E-state index is 12.7. The Labute approximate surface area is 80.8 Å². The lowest BCUT2D eigenvalue weighted by Gasteiger charge is -1.98. The normalized spacial score (nSPS) is 10.7. The Kier molecular flexibility index (Phi) is 1.95. The molecule has 0 aliphatic carbocycles. The van der Waals surface area contributed by atoms with Gasteiger partial charge < -0.3 is 0 Å². The number of rotatable bonds is 0. The second-order valence-electron chi connectivity index (χ2n) is 2.42. The summed E-state index contributed by atoms with van der Waals surface area (Å²) in [6.45, 7) is 0. The third-order valence-electron chi connectivity index (χ3n) is 1.57. The van der Waals surface area contributed by atoms with Gasteiger partial charge in [0.15, 0.2) is 5.82 Å². The topological polar surface area (TPSA) is 25.8 Å². The Morgan fingerprint density at radius 1 is 1.31 bits per heavy atom. The zero-order chi connectivity index (χ0) is 9.42. The van der Waals surface area contributed by atoms with Crippen molar-refractivity contribution in [2.24, 2.45) is 0 Å². The highest BCUT2D eigenvalue weighted by atomic mass is 79.9. The third-order valence-corrected chi connectivity index (χ3v) is 2.21. The monoisotopic (exact) mass is 244 g/mol. The standard InChI is InChI=1S/C8H3BrF2N2/c9-4-1-2-12-6-3-5(10)8(11)13-7(4)6/h1-3H. The second-order valence-corrected chi connectivity index (χ2v) is 3.28. The summed E-state index contributed by atoms with van der Waals surface area (Å²) in [5, 5.41) is 0. The molecule has 0 amide bonds. The van der Waals surface area contributed by atoms with Crippen LogP contribution in [0.25, 0.3) is 11.0 Å². The molecule has 0 atom stereocenters. The predicted molar refractivity (Wildman–Crippen MR) is 47.2 cm³/mol. The summed E-state index contributed by atoms with van der Waals surface area (Å²) in [5.41, 5.74) is 0.648. The van der Waals surface area contributed by atoms with Crippen LogP contribution in [0.15, 0.2) is 22.8 Å². The van der Waals surface area contributed by atoms with Crippen LogP contribution in [0.5, 0.6) is 0 Å². The Bertz CT molecular complexity index is 473. The van der Waals surface area contributed by atoms with Crippen LogP contribution >= 0.6 is 15.9 Å². The van der Waals surface area contributed by atoms with Crippen molar-refractivity contribution in [3.63, 3.8) is 0 Å².